The molecule has 1 saturated heterocycles. The lowest BCUT2D eigenvalue weighted by Crippen LogP contribution is -2.52. The number of nitrogens with zero attached hydrogens (tertiary/aromatic N) is 2. The molecule has 0 saturated carbocycles. The van der Waals surface area contributed by atoms with Gasteiger partial charge in [-0.1, -0.05) is 30.3 Å². The molecular formula is C15H25N3. The predicted octanol–water partition coefficient (Wildman–Crippen LogP) is 1.58. The second-order valence-electron chi connectivity index (χ2n) is 5.36. The minimum atomic E-state index is 0.428. The largest absolute Gasteiger partial charge is 0.312 e. The molecule has 0 bridgehead atoms. The van der Waals surface area contributed by atoms with Gasteiger partial charge in [0.25, 0.3) is 0 Å². The zero-order chi connectivity index (χ0) is 13.0. The van der Waals surface area contributed by atoms with Crippen LogP contribution in [-0.4, -0.2) is 56.1 Å². The van der Waals surface area contributed by atoms with Crippen LogP contribution in [0.1, 0.15) is 18.5 Å². The van der Waals surface area contributed by atoms with Crippen molar-refractivity contribution in [2.45, 2.75) is 19.0 Å². The van der Waals surface area contributed by atoms with Crippen molar-refractivity contribution in [3.05, 3.63) is 35.9 Å². The fraction of sp³-hybridized carbons (Fsp3) is 0.600. The van der Waals surface area contributed by atoms with Gasteiger partial charge in [-0.25, -0.2) is 0 Å². The van der Waals surface area contributed by atoms with Gasteiger partial charge in [0.05, 0.1) is 0 Å². The fourth-order valence-corrected chi connectivity index (χ4v) is 2.73. The van der Waals surface area contributed by atoms with E-state index in [1.54, 1.807) is 0 Å². The van der Waals surface area contributed by atoms with E-state index in [2.05, 4.69) is 66.5 Å². The first-order chi connectivity index (χ1) is 8.70. The standard InChI is InChI=1S/C15H25N3/c1-13-11-17(3)9-10-18(13)12-15(16-2)14-7-5-4-6-8-14/h4-8,13,15-16H,9-12H2,1-3H3. The van der Waals surface area contributed by atoms with Crippen molar-refractivity contribution in [2.75, 3.05) is 40.3 Å². The Morgan fingerprint density at radius 3 is 2.61 bits per heavy atom. The third kappa shape index (κ3) is 3.31. The number of hydrogen-bond acceptors (Lipinski definition) is 3. The Labute approximate surface area is 111 Å². The van der Waals surface area contributed by atoms with Gasteiger partial charge in [-0.15, -0.1) is 0 Å². The Morgan fingerprint density at radius 2 is 2.00 bits per heavy atom. The highest BCUT2D eigenvalue weighted by Crippen LogP contribution is 2.17. The molecule has 18 heavy (non-hydrogen) atoms. The molecule has 100 valence electrons. The van der Waals surface area contributed by atoms with Crippen LogP contribution in [-0.2, 0) is 0 Å². The molecule has 1 aromatic carbocycles. The van der Waals surface area contributed by atoms with Gasteiger partial charge in [0.1, 0.15) is 0 Å². The maximum absolute atomic E-state index is 3.44. The molecule has 1 aliphatic heterocycles. The van der Waals surface area contributed by atoms with Gasteiger partial charge >= 0.3 is 0 Å². The van der Waals surface area contributed by atoms with Gasteiger partial charge in [-0.3, -0.25) is 4.90 Å². The highest BCUT2D eigenvalue weighted by molar-refractivity contribution is 5.19. The molecule has 0 amide bonds. The van der Waals surface area contributed by atoms with Gasteiger partial charge in [-0.2, -0.15) is 0 Å². The molecule has 1 heterocycles. The van der Waals surface area contributed by atoms with Crippen molar-refractivity contribution < 1.29 is 0 Å². The van der Waals surface area contributed by atoms with Gasteiger partial charge in [0, 0.05) is 38.3 Å². The zero-order valence-electron chi connectivity index (χ0n) is 11.8. The molecule has 2 atom stereocenters. The van der Waals surface area contributed by atoms with E-state index in [-0.39, 0.29) is 0 Å². The predicted molar refractivity (Wildman–Crippen MR) is 76.8 cm³/mol. The quantitative estimate of drug-likeness (QED) is 0.871. The Balaban J connectivity index is 1.98. The van der Waals surface area contributed by atoms with Gasteiger partial charge in [0.15, 0.2) is 0 Å². The van der Waals surface area contributed by atoms with Crippen LogP contribution in [0, 0.1) is 0 Å². The van der Waals surface area contributed by atoms with Crippen LogP contribution >= 0.6 is 0 Å². The number of rotatable bonds is 4. The molecule has 1 aromatic rings. The van der Waals surface area contributed by atoms with E-state index in [4.69, 9.17) is 0 Å². The second-order valence-corrected chi connectivity index (χ2v) is 5.36. The van der Waals surface area contributed by atoms with E-state index in [0.717, 1.165) is 6.54 Å². The fourth-order valence-electron chi connectivity index (χ4n) is 2.73. The lowest BCUT2D eigenvalue weighted by atomic mass is 10.0. The minimum Gasteiger partial charge on any atom is -0.312 e. The second kappa shape index (κ2) is 6.32. The smallest absolute Gasteiger partial charge is 0.0447 e. The van der Waals surface area contributed by atoms with E-state index in [9.17, 15) is 0 Å². The van der Waals surface area contributed by atoms with E-state index in [0.29, 0.717) is 12.1 Å². The Bertz CT molecular complexity index is 352. The molecule has 1 N–H and O–H groups in total. The third-order valence-electron chi connectivity index (χ3n) is 3.94. The average Bonchev–Trinajstić information content (AvgIpc) is 2.39. The molecule has 2 unspecified atom stereocenters. The first kappa shape index (κ1) is 13.5. The number of nitrogens with one attached hydrogen (secondary N) is 1. The summed E-state index contributed by atoms with van der Waals surface area (Å²) in [6, 6.07) is 11.8. The molecule has 1 fully saturated rings. The first-order valence-corrected chi connectivity index (χ1v) is 6.85. The summed E-state index contributed by atoms with van der Waals surface area (Å²) in [5, 5.41) is 3.44. The van der Waals surface area contributed by atoms with Gasteiger partial charge < -0.3 is 10.2 Å². The van der Waals surface area contributed by atoms with Gasteiger partial charge in [0.2, 0.25) is 0 Å². The van der Waals surface area contributed by atoms with Crippen molar-refractivity contribution in [3.8, 4) is 0 Å². The van der Waals surface area contributed by atoms with Crippen LogP contribution in [0.4, 0.5) is 0 Å². The van der Waals surface area contributed by atoms with E-state index in [1.165, 1.54) is 25.2 Å². The van der Waals surface area contributed by atoms with Crippen molar-refractivity contribution >= 4 is 0 Å². The molecule has 0 aliphatic carbocycles. The number of hydrogen-bond donors (Lipinski definition) is 1. The van der Waals surface area contributed by atoms with Crippen molar-refractivity contribution in [2.24, 2.45) is 0 Å². The summed E-state index contributed by atoms with van der Waals surface area (Å²) in [7, 11) is 4.26. The molecule has 0 spiro atoms. The van der Waals surface area contributed by atoms with Crippen LogP contribution in [0.15, 0.2) is 30.3 Å². The summed E-state index contributed by atoms with van der Waals surface area (Å²) in [5.74, 6) is 0. The maximum atomic E-state index is 3.44. The minimum absolute atomic E-state index is 0.428. The molecule has 0 radical (unpaired) electrons. The van der Waals surface area contributed by atoms with Crippen LogP contribution in [0.5, 0.6) is 0 Å². The molecule has 0 aromatic heterocycles. The first-order valence-electron chi connectivity index (χ1n) is 6.85. The Hall–Kier alpha value is -0.900. The van der Waals surface area contributed by atoms with Crippen LogP contribution < -0.4 is 5.32 Å². The molecular weight excluding hydrogens is 222 g/mol. The normalized spacial score (nSPS) is 24.1. The SMILES string of the molecule is CNC(CN1CCN(C)CC1C)c1ccccc1. The lowest BCUT2D eigenvalue weighted by molar-refractivity contribution is 0.0913. The molecule has 3 heteroatoms. The molecule has 3 nitrogen and oxygen atoms in total. The topological polar surface area (TPSA) is 18.5 Å². The van der Waals surface area contributed by atoms with E-state index in [1.807, 2.05) is 0 Å². The van der Waals surface area contributed by atoms with Crippen molar-refractivity contribution in [3.63, 3.8) is 0 Å². The summed E-state index contributed by atoms with van der Waals surface area (Å²) in [6.45, 7) is 6.94. The molecule has 1 aliphatic rings. The Morgan fingerprint density at radius 1 is 1.28 bits per heavy atom. The monoisotopic (exact) mass is 247 g/mol. The van der Waals surface area contributed by atoms with Crippen LogP contribution in [0.25, 0.3) is 0 Å². The number of likely N-dealkylation sites (N-methyl/N-ethyl adjacent to an activating group) is 2. The van der Waals surface area contributed by atoms with Crippen molar-refractivity contribution in [1.29, 1.82) is 0 Å². The summed E-state index contributed by atoms with van der Waals surface area (Å²) >= 11 is 0. The number of piperazine rings is 1. The third-order valence-corrected chi connectivity index (χ3v) is 3.94. The highest BCUT2D eigenvalue weighted by Gasteiger charge is 2.23. The summed E-state index contributed by atoms with van der Waals surface area (Å²) < 4.78 is 0. The van der Waals surface area contributed by atoms with E-state index < -0.39 is 0 Å². The lowest BCUT2D eigenvalue weighted by Gasteiger charge is -2.40. The maximum Gasteiger partial charge on any atom is 0.0447 e. The number of benzene rings is 1. The summed E-state index contributed by atoms with van der Waals surface area (Å²) in [5.41, 5.74) is 1.38. The van der Waals surface area contributed by atoms with E-state index >= 15 is 0 Å². The molecule has 2 rings (SSSR count). The highest BCUT2D eigenvalue weighted by atomic mass is 15.3. The van der Waals surface area contributed by atoms with Crippen LogP contribution in [0.2, 0.25) is 0 Å². The van der Waals surface area contributed by atoms with Gasteiger partial charge in [-0.05, 0) is 26.6 Å². The van der Waals surface area contributed by atoms with Crippen LogP contribution in [0.3, 0.4) is 0 Å². The zero-order valence-corrected chi connectivity index (χ0v) is 11.8. The average molecular weight is 247 g/mol. The summed E-state index contributed by atoms with van der Waals surface area (Å²) in [6.07, 6.45) is 0. The Kier molecular flexibility index (Phi) is 4.75. The summed E-state index contributed by atoms with van der Waals surface area (Å²) in [4.78, 5) is 5.01. The van der Waals surface area contributed by atoms with Crippen molar-refractivity contribution in [1.82, 2.24) is 15.1 Å².